The van der Waals surface area contributed by atoms with Crippen molar-refractivity contribution < 1.29 is 4.79 Å². The van der Waals surface area contributed by atoms with Crippen molar-refractivity contribution >= 4 is 22.6 Å². The number of carbonyl (C=O) groups is 1. The summed E-state index contributed by atoms with van der Waals surface area (Å²) in [4.78, 5) is 16.1. The Morgan fingerprint density at radius 1 is 1.21 bits per heavy atom. The summed E-state index contributed by atoms with van der Waals surface area (Å²) in [7, 11) is 0. The van der Waals surface area contributed by atoms with E-state index in [0.717, 1.165) is 16.8 Å². The normalized spacial score (nSPS) is 10.6. The Balaban J connectivity index is 1.89. The first-order valence-corrected chi connectivity index (χ1v) is 5.76. The number of aromatic amines is 1. The number of pyridine rings is 1. The van der Waals surface area contributed by atoms with Crippen LogP contribution in [0.3, 0.4) is 0 Å². The van der Waals surface area contributed by atoms with E-state index in [1.54, 1.807) is 36.7 Å². The van der Waals surface area contributed by atoms with E-state index in [0.29, 0.717) is 11.1 Å². The predicted octanol–water partition coefficient (Wildman–Crippen LogP) is 1.91. The van der Waals surface area contributed by atoms with Crippen LogP contribution in [0.15, 0.2) is 36.7 Å². The van der Waals surface area contributed by atoms with Gasteiger partial charge in [-0.05, 0) is 36.8 Å². The van der Waals surface area contributed by atoms with Crippen LogP contribution in [-0.2, 0) is 0 Å². The summed E-state index contributed by atoms with van der Waals surface area (Å²) in [5.41, 5.74) is 3.60. The molecule has 0 unspecified atom stereocenters. The van der Waals surface area contributed by atoms with E-state index in [2.05, 4.69) is 25.7 Å². The van der Waals surface area contributed by atoms with Crippen molar-refractivity contribution in [2.75, 3.05) is 5.32 Å². The molecule has 0 aliphatic carbocycles. The van der Waals surface area contributed by atoms with Crippen LogP contribution in [0.4, 0.5) is 5.69 Å². The number of hydrogen-bond acceptors (Lipinski definition) is 4. The fourth-order valence-electron chi connectivity index (χ4n) is 1.79. The van der Waals surface area contributed by atoms with Crippen LogP contribution in [0.2, 0.25) is 0 Å². The highest BCUT2D eigenvalue weighted by molar-refractivity contribution is 6.06. The number of anilines is 1. The molecule has 3 aromatic rings. The molecule has 2 heterocycles. The quantitative estimate of drug-likeness (QED) is 0.730. The highest BCUT2D eigenvalue weighted by Gasteiger charge is 2.09. The highest BCUT2D eigenvalue weighted by atomic mass is 16.1. The molecule has 0 bridgehead atoms. The lowest BCUT2D eigenvalue weighted by Gasteiger charge is -2.07. The molecule has 0 fully saturated rings. The van der Waals surface area contributed by atoms with Crippen molar-refractivity contribution in [3.8, 4) is 0 Å². The van der Waals surface area contributed by atoms with Crippen LogP contribution in [0.25, 0.3) is 11.0 Å². The van der Waals surface area contributed by atoms with Gasteiger partial charge in [-0.25, -0.2) is 0 Å². The third-order valence-electron chi connectivity index (χ3n) is 2.85. The van der Waals surface area contributed by atoms with Gasteiger partial charge in [0, 0.05) is 23.6 Å². The van der Waals surface area contributed by atoms with Gasteiger partial charge in [0.05, 0.1) is 0 Å². The van der Waals surface area contributed by atoms with E-state index in [1.165, 1.54) is 0 Å². The molecule has 0 spiro atoms. The van der Waals surface area contributed by atoms with E-state index in [9.17, 15) is 4.79 Å². The molecule has 0 aliphatic rings. The summed E-state index contributed by atoms with van der Waals surface area (Å²) in [6.45, 7) is 1.89. The van der Waals surface area contributed by atoms with Crippen molar-refractivity contribution in [1.29, 1.82) is 0 Å². The number of benzene rings is 1. The molecule has 0 saturated carbocycles. The third-order valence-corrected chi connectivity index (χ3v) is 2.85. The zero-order valence-electron chi connectivity index (χ0n) is 10.2. The maximum atomic E-state index is 12.1. The van der Waals surface area contributed by atoms with Gasteiger partial charge in [0.15, 0.2) is 0 Å². The summed E-state index contributed by atoms with van der Waals surface area (Å²) in [5, 5.41) is 13.3. The lowest BCUT2D eigenvalue weighted by atomic mass is 10.1. The van der Waals surface area contributed by atoms with Crippen LogP contribution in [-0.4, -0.2) is 26.3 Å². The minimum atomic E-state index is -0.181. The lowest BCUT2D eigenvalue weighted by molar-refractivity contribution is 0.102. The Labute approximate surface area is 108 Å². The fraction of sp³-hybridized carbons (Fsp3) is 0.0769. The molecule has 0 radical (unpaired) electrons. The summed E-state index contributed by atoms with van der Waals surface area (Å²) in [5.74, 6) is -0.181. The largest absolute Gasteiger partial charge is 0.322 e. The van der Waals surface area contributed by atoms with Crippen molar-refractivity contribution in [3.05, 3.63) is 47.8 Å². The van der Waals surface area contributed by atoms with E-state index in [-0.39, 0.29) is 5.91 Å². The molecule has 6 nitrogen and oxygen atoms in total. The molecule has 2 N–H and O–H groups in total. The summed E-state index contributed by atoms with van der Waals surface area (Å²) < 4.78 is 0. The Bertz CT molecular complexity index is 749. The second-order valence-corrected chi connectivity index (χ2v) is 4.17. The molecule has 1 amide bonds. The molecule has 19 heavy (non-hydrogen) atoms. The average Bonchev–Trinajstić information content (AvgIpc) is 2.88. The third kappa shape index (κ3) is 2.15. The number of aryl methyl sites for hydroxylation is 1. The van der Waals surface area contributed by atoms with Gasteiger partial charge < -0.3 is 5.32 Å². The summed E-state index contributed by atoms with van der Waals surface area (Å²) in [6, 6.07) is 6.94. The van der Waals surface area contributed by atoms with Crippen molar-refractivity contribution in [1.82, 2.24) is 20.4 Å². The van der Waals surface area contributed by atoms with Crippen molar-refractivity contribution in [2.24, 2.45) is 0 Å². The van der Waals surface area contributed by atoms with Crippen molar-refractivity contribution in [3.63, 3.8) is 0 Å². The predicted molar refractivity (Wildman–Crippen MR) is 70.8 cm³/mol. The molecule has 3 rings (SSSR count). The number of fused-ring (bicyclic) bond motifs is 1. The van der Waals surface area contributed by atoms with Gasteiger partial charge in [-0.1, -0.05) is 0 Å². The van der Waals surface area contributed by atoms with Gasteiger partial charge in [0.2, 0.25) is 0 Å². The minimum Gasteiger partial charge on any atom is -0.322 e. The number of nitrogens with one attached hydrogen (secondary N) is 2. The number of hydrogen-bond donors (Lipinski definition) is 2. The van der Waals surface area contributed by atoms with Crippen LogP contribution < -0.4 is 5.32 Å². The zero-order chi connectivity index (χ0) is 13.2. The smallest absolute Gasteiger partial charge is 0.255 e. The number of nitrogens with zero attached hydrogens (tertiary/aromatic N) is 3. The van der Waals surface area contributed by atoms with Crippen LogP contribution in [0.5, 0.6) is 0 Å². The van der Waals surface area contributed by atoms with Crippen LogP contribution >= 0.6 is 0 Å². The number of carbonyl (C=O) groups excluding carboxylic acids is 1. The first-order chi connectivity index (χ1) is 9.24. The average molecular weight is 253 g/mol. The molecular formula is C13H11N5O. The highest BCUT2D eigenvalue weighted by Crippen LogP contribution is 2.15. The molecule has 1 aromatic carbocycles. The Hall–Kier alpha value is -2.76. The monoisotopic (exact) mass is 253 g/mol. The molecule has 94 valence electrons. The standard InChI is InChI=1S/C13H11N5O/c1-8-7-14-5-4-10(8)15-13(19)9-2-3-11-12(6-9)17-18-16-11/h2-7H,1H3,(H,14,15,19)(H,16,17,18). The Morgan fingerprint density at radius 3 is 2.89 bits per heavy atom. The molecule has 0 saturated heterocycles. The lowest BCUT2D eigenvalue weighted by Crippen LogP contribution is -2.12. The fourth-order valence-corrected chi connectivity index (χ4v) is 1.79. The molecule has 2 aromatic heterocycles. The molecule has 6 heteroatoms. The minimum absolute atomic E-state index is 0.181. The Morgan fingerprint density at radius 2 is 2.05 bits per heavy atom. The second kappa shape index (κ2) is 4.49. The SMILES string of the molecule is Cc1cnccc1NC(=O)c1ccc2n[nH]nc2c1. The van der Waals surface area contributed by atoms with Crippen LogP contribution in [0.1, 0.15) is 15.9 Å². The van der Waals surface area contributed by atoms with E-state index < -0.39 is 0 Å². The zero-order valence-corrected chi connectivity index (χ0v) is 10.2. The maximum absolute atomic E-state index is 12.1. The van der Waals surface area contributed by atoms with Gasteiger partial charge in [0.25, 0.3) is 5.91 Å². The first-order valence-electron chi connectivity index (χ1n) is 5.76. The van der Waals surface area contributed by atoms with E-state index in [1.807, 2.05) is 6.92 Å². The number of amides is 1. The molecular weight excluding hydrogens is 242 g/mol. The van der Waals surface area contributed by atoms with E-state index >= 15 is 0 Å². The summed E-state index contributed by atoms with van der Waals surface area (Å²) in [6.07, 6.45) is 3.35. The summed E-state index contributed by atoms with van der Waals surface area (Å²) >= 11 is 0. The molecule has 0 atom stereocenters. The van der Waals surface area contributed by atoms with Gasteiger partial charge in [-0.2, -0.15) is 15.4 Å². The van der Waals surface area contributed by atoms with Crippen LogP contribution in [0, 0.1) is 6.92 Å². The first kappa shape index (κ1) is 11.3. The second-order valence-electron chi connectivity index (χ2n) is 4.17. The van der Waals surface area contributed by atoms with Gasteiger partial charge in [-0.3, -0.25) is 9.78 Å². The maximum Gasteiger partial charge on any atom is 0.255 e. The number of aromatic nitrogens is 4. The van der Waals surface area contributed by atoms with Gasteiger partial charge >= 0.3 is 0 Å². The Kier molecular flexibility index (Phi) is 2.68. The van der Waals surface area contributed by atoms with E-state index in [4.69, 9.17) is 0 Å². The van der Waals surface area contributed by atoms with Gasteiger partial charge in [0.1, 0.15) is 11.0 Å². The van der Waals surface area contributed by atoms with Gasteiger partial charge in [-0.15, -0.1) is 0 Å². The topological polar surface area (TPSA) is 83.6 Å². The number of rotatable bonds is 2. The molecule has 0 aliphatic heterocycles. The number of H-pyrrole nitrogens is 1. The van der Waals surface area contributed by atoms with Crippen molar-refractivity contribution in [2.45, 2.75) is 6.92 Å².